The van der Waals surface area contributed by atoms with Gasteiger partial charge in [-0.05, 0) is 73.3 Å². The largest absolute Gasteiger partial charge is 0.508 e. The van der Waals surface area contributed by atoms with Gasteiger partial charge in [-0.25, -0.2) is 0 Å². The Balaban J connectivity index is 1.94. The molecule has 0 radical (unpaired) electrons. The summed E-state index contributed by atoms with van der Waals surface area (Å²) in [6, 6.07) is 3.92. The summed E-state index contributed by atoms with van der Waals surface area (Å²) in [5.74, 6) is 0.445. The third kappa shape index (κ3) is 1.96. The molecule has 1 saturated carbocycles. The molecule has 0 saturated heterocycles. The maximum atomic E-state index is 9.67. The molecule has 1 aromatic rings. The molecule has 92 valence electrons. The van der Waals surface area contributed by atoms with Crippen molar-refractivity contribution < 1.29 is 5.11 Å². The van der Waals surface area contributed by atoms with Crippen molar-refractivity contribution in [2.75, 3.05) is 0 Å². The number of aromatic hydroxyl groups is 1. The molecule has 0 aliphatic heterocycles. The van der Waals surface area contributed by atoms with E-state index in [4.69, 9.17) is 0 Å². The second-order valence-corrected chi connectivity index (χ2v) is 6.14. The third-order valence-electron chi connectivity index (χ3n) is 4.94. The van der Waals surface area contributed by atoms with E-state index in [9.17, 15) is 5.11 Å². The van der Waals surface area contributed by atoms with Crippen molar-refractivity contribution in [3.63, 3.8) is 0 Å². The van der Waals surface area contributed by atoms with Gasteiger partial charge in [-0.2, -0.15) is 0 Å². The van der Waals surface area contributed by atoms with E-state index in [1.807, 2.05) is 12.1 Å². The van der Waals surface area contributed by atoms with E-state index in [2.05, 4.69) is 6.92 Å². The molecule has 0 unspecified atom stereocenters. The van der Waals surface area contributed by atoms with Gasteiger partial charge in [-0.15, -0.1) is 0 Å². The topological polar surface area (TPSA) is 20.2 Å². The number of rotatable bonds is 0. The van der Waals surface area contributed by atoms with Crippen LogP contribution in [0.3, 0.4) is 0 Å². The summed E-state index contributed by atoms with van der Waals surface area (Å²) in [6.07, 6.45) is 10.9. The van der Waals surface area contributed by atoms with Gasteiger partial charge in [0.15, 0.2) is 0 Å². The highest BCUT2D eigenvalue weighted by Gasteiger charge is 2.35. The highest BCUT2D eigenvalue weighted by atomic mass is 16.3. The summed E-state index contributed by atoms with van der Waals surface area (Å²) >= 11 is 0. The quantitative estimate of drug-likeness (QED) is 0.710. The molecule has 1 nitrogen and oxygen atoms in total. The van der Waals surface area contributed by atoms with Crippen LogP contribution >= 0.6 is 0 Å². The summed E-state index contributed by atoms with van der Waals surface area (Å²) in [7, 11) is 0. The molecule has 0 bridgehead atoms. The standard InChI is InChI=1S/C16H22O/c1-12-9-14(17)10-13-5-8-16(11-15(12)13)6-3-2-4-7-16/h9-10,17H,2-8,11H2,1H3. The summed E-state index contributed by atoms with van der Waals surface area (Å²) in [4.78, 5) is 0. The lowest BCUT2D eigenvalue weighted by atomic mass is 9.63. The molecule has 0 amide bonds. The number of fused-ring (bicyclic) bond motifs is 1. The van der Waals surface area contributed by atoms with Gasteiger partial charge in [0.1, 0.15) is 5.75 Å². The zero-order valence-corrected chi connectivity index (χ0v) is 10.8. The zero-order chi connectivity index (χ0) is 11.9. The SMILES string of the molecule is Cc1cc(O)cc2c1CC1(CCCCC1)CC2. The third-order valence-corrected chi connectivity index (χ3v) is 4.94. The zero-order valence-electron chi connectivity index (χ0n) is 10.8. The molecule has 1 heteroatoms. The van der Waals surface area contributed by atoms with Gasteiger partial charge >= 0.3 is 0 Å². The number of aryl methyl sites for hydroxylation is 2. The molecular weight excluding hydrogens is 208 g/mol. The molecular formula is C16H22O. The van der Waals surface area contributed by atoms with Crippen molar-refractivity contribution in [3.05, 3.63) is 28.8 Å². The number of phenolic OH excluding ortho intramolecular Hbond substituents is 1. The summed E-state index contributed by atoms with van der Waals surface area (Å²) in [6.45, 7) is 2.15. The smallest absolute Gasteiger partial charge is 0.116 e. The van der Waals surface area contributed by atoms with Gasteiger partial charge in [0.25, 0.3) is 0 Å². The van der Waals surface area contributed by atoms with Crippen molar-refractivity contribution in [2.45, 2.75) is 58.3 Å². The molecule has 1 aromatic carbocycles. The van der Waals surface area contributed by atoms with Gasteiger partial charge in [-0.1, -0.05) is 19.3 Å². The Labute approximate surface area is 104 Å². The summed E-state index contributed by atoms with van der Waals surface area (Å²) in [5.41, 5.74) is 4.84. The molecule has 1 N–H and O–H groups in total. The van der Waals surface area contributed by atoms with Gasteiger partial charge in [0.05, 0.1) is 0 Å². The molecule has 1 spiro atoms. The van der Waals surface area contributed by atoms with Crippen molar-refractivity contribution >= 4 is 0 Å². The van der Waals surface area contributed by atoms with Crippen LogP contribution in [-0.4, -0.2) is 5.11 Å². The lowest BCUT2D eigenvalue weighted by Crippen LogP contribution is -2.31. The number of benzene rings is 1. The van der Waals surface area contributed by atoms with E-state index in [0.717, 1.165) is 0 Å². The van der Waals surface area contributed by atoms with Crippen molar-refractivity contribution in [2.24, 2.45) is 5.41 Å². The van der Waals surface area contributed by atoms with Crippen LogP contribution < -0.4 is 0 Å². The van der Waals surface area contributed by atoms with Crippen LogP contribution in [0.15, 0.2) is 12.1 Å². The van der Waals surface area contributed by atoms with Crippen LogP contribution in [0.1, 0.15) is 55.2 Å². The van der Waals surface area contributed by atoms with E-state index >= 15 is 0 Å². The Morgan fingerprint density at radius 3 is 2.59 bits per heavy atom. The average molecular weight is 230 g/mol. The maximum absolute atomic E-state index is 9.67. The van der Waals surface area contributed by atoms with Crippen LogP contribution in [0.25, 0.3) is 0 Å². The van der Waals surface area contributed by atoms with E-state index < -0.39 is 0 Å². The molecule has 2 aliphatic carbocycles. The first kappa shape index (κ1) is 11.1. The first-order valence-electron chi connectivity index (χ1n) is 7.00. The second kappa shape index (κ2) is 4.04. The normalized spacial score (nSPS) is 22.4. The van der Waals surface area contributed by atoms with E-state index in [1.165, 1.54) is 68.1 Å². The first-order chi connectivity index (χ1) is 8.19. The van der Waals surface area contributed by atoms with E-state index in [1.54, 1.807) is 0 Å². The van der Waals surface area contributed by atoms with Gasteiger partial charge in [0.2, 0.25) is 0 Å². The van der Waals surface area contributed by atoms with Crippen LogP contribution in [0, 0.1) is 12.3 Å². The number of hydrogen-bond donors (Lipinski definition) is 1. The van der Waals surface area contributed by atoms with Gasteiger partial charge < -0.3 is 5.11 Å². The lowest BCUT2D eigenvalue weighted by Gasteiger charge is -2.42. The Morgan fingerprint density at radius 1 is 1.06 bits per heavy atom. The summed E-state index contributed by atoms with van der Waals surface area (Å²) < 4.78 is 0. The fourth-order valence-corrected chi connectivity index (χ4v) is 3.94. The van der Waals surface area contributed by atoms with Crippen LogP contribution in [0.4, 0.5) is 0 Å². The van der Waals surface area contributed by atoms with Gasteiger partial charge in [-0.3, -0.25) is 0 Å². The van der Waals surface area contributed by atoms with Crippen molar-refractivity contribution in [1.29, 1.82) is 0 Å². The molecule has 0 aromatic heterocycles. The van der Waals surface area contributed by atoms with Gasteiger partial charge in [0, 0.05) is 0 Å². The highest BCUT2D eigenvalue weighted by Crippen LogP contribution is 2.47. The Kier molecular flexibility index (Phi) is 2.65. The molecule has 0 atom stereocenters. The summed E-state index contributed by atoms with van der Waals surface area (Å²) in [5, 5.41) is 9.67. The predicted octanol–water partition coefficient (Wildman–Crippen LogP) is 4.14. The first-order valence-corrected chi connectivity index (χ1v) is 7.00. The monoisotopic (exact) mass is 230 g/mol. The van der Waals surface area contributed by atoms with Crippen LogP contribution in [-0.2, 0) is 12.8 Å². The second-order valence-electron chi connectivity index (χ2n) is 6.14. The minimum atomic E-state index is 0.445. The minimum Gasteiger partial charge on any atom is -0.508 e. The molecule has 3 rings (SSSR count). The van der Waals surface area contributed by atoms with Crippen LogP contribution in [0.2, 0.25) is 0 Å². The molecule has 17 heavy (non-hydrogen) atoms. The van der Waals surface area contributed by atoms with Crippen molar-refractivity contribution in [1.82, 2.24) is 0 Å². The minimum absolute atomic E-state index is 0.445. The molecule has 1 fully saturated rings. The van der Waals surface area contributed by atoms with E-state index in [0.29, 0.717) is 11.2 Å². The van der Waals surface area contributed by atoms with Crippen molar-refractivity contribution in [3.8, 4) is 5.75 Å². The Bertz CT molecular complexity index is 427. The lowest BCUT2D eigenvalue weighted by molar-refractivity contribution is 0.162. The fourth-order valence-electron chi connectivity index (χ4n) is 3.94. The average Bonchev–Trinajstić information content (AvgIpc) is 2.32. The molecule has 0 heterocycles. The van der Waals surface area contributed by atoms with E-state index in [-0.39, 0.29) is 0 Å². The number of phenols is 1. The maximum Gasteiger partial charge on any atom is 0.116 e. The predicted molar refractivity (Wildman–Crippen MR) is 70.4 cm³/mol. The van der Waals surface area contributed by atoms with Crippen LogP contribution in [0.5, 0.6) is 5.75 Å². The Hall–Kier alpha value is -0.980. The Morgan fingerprint density at radius 2 is 1.82 bits per heavy atom. The fraction of sp³-hybridized carbons (Fsp3) is 0.625. The highest BCUT2D eigenvalue weighted by molar-refractivity contribution is 5.43. The molecule has 2 aliphatic rings. The number of hydrogen-bond acceptors (Lipinski definition) is 1.